The summed E-state index contributed by atoms with van der Waals surface area (Å²) in [5.74, 6) is 1.12. The monoisotopic (exact) mass is 545 g/mol. The average Bonchev–Trinajstić information content (AvgIpc) is 3.24. The Balaban J connectivity index is 1.33. The summed E-state index contributed by atoms with van der Waals surface area (Å²) in [6.45, 7) is 13.7. The van der Waals surface area contributed by atoms with Crippen molar-refractivity contribution in [1.82, 2.24) is 15.1 Å². The maximum Gasteiger partial charge on any atom is 0.238 e. The van der Waals surface area contributed by atoms with Crippen molar-refractivity contribution in [3.05, 3.63) is 66.2 Å². The van der Waals surface area contributed by atoms with Gasteiger partial charge in [-0.1, -0.05) is 69.8 Å². The van der Waals surface area contributed by atoms with Crippen LogP contribution in [0.3, 0.4) is 0 Å². The zero-order chi connectivity index (χ0) is 28.9. The van der Waals surface area contributed by atoms with Gasteiger partial charge in [-0.25, -0.2) is 0 Å². The second-order valence-corrected chi connectivity index (χ2v) is 13.4. The van der Waals surface area contributed by atoms with E-state index in [2.05, 4.69) is 80.0 Å². The van der Waals surface area contributed by atoms with E-state index in [9.17, 15) is 15.0 Å². The van der Waals surface area contributed by atoms with Crippen LogP contribution in [0.2, 0.25) is 0 Å². The Hall–Kier alpha value is -2.67. The lowest BCUT2D eigenvalue weighted by Gasteiger charge is -2.62. The number of aliphatic hydroxyl groups excluding tert-OH is 2. The molecule has 1 heterocycles. The summed E-state index contributed by atoms with van der Waals surface area (Å²) in [5, 5.41) is 24.9. The zero-order valence-electron chi connectivity index (χ0n) is 25.0. The van der Waals surface area contributed by atoms with Crippen LogP contribution in [-0.2, 0) is 11.3 Å². The number of hydrogen-bond acceptors (Lipinski definition) is 5. The number of hydrogen-bond donors (Lipinski definition) is 3. The van der Waals surface area contributed by atoms with Crippen molar-refractivity contribution in [2.75, 3.05) is 20.6 Å². The van der Waals surface area contributed by atoms with E-state index in [1.165, 1.54) is 6.42 Å². The summed E-state index contributed by atoms with van der Waals surface area (Å²) < 4.78 is 0. The van der Waals surface area contributed by atoms with Crippen LogP contribution in [0.25, 0.3) is 16.8 Å². The molecule has 6 nitrogen and oxygen atoms in total. The molecule has 3 N–H and O–H groups in total. The Morgan fingerprint density at radius 3 is 2.45 bits per heavy atom. The van der Waals surface area contributed by atoms with Crippen LogP contribution < -0.4 is 5.32 Å². The molecule has 6 heteroatoms. The highest BCUT2D eigenvalue weighted by molar-refractivity contribution is 5.83. The summed E-state index contributed by atoms with van der Waals surface area (Å²) in [7, 11) is 3.98. The van der Waals surface area contributed by atoms with Gasteiger partial charge in [-0.3, -0.25) is 9.69 Å². The summed E-state index contributed by atoms with van der Waals surface area (Å²) >= 11 is 0. The van der Waals surface area contributed by atoms with E-state index in [1.54, 1.807) is 6.92 Å². The molecule has 4 fully saturated rings. The minimum atomic E-state index is -0.784. The van der Waals surface area contributed by atoms with E-state index in [-0.39, 0.29) is 11.9 Å². The number of carbonyl (C=O) groups excluding carboxylic acids is 1. The van der Waals surface area contributed by atoms with Crippen molar-refractivity contribution >= 4 is 11.6 Å². The molecule has 1 aliphatic heterocycles. The van der Waals surface area contributed by atoms with Crippen molar-refractivity contribution < 1.29 is 15.0 Å². The number of rotatable bonds is 8. The maximum absolute atomic E-state index is 13.8. The first-order chi connectivity index (χ1) is 18.9. The molecular weight excluding hydrogens is 498 g/mol. The van der Waals surface area contributed by atoms with Crippen LogP contribution in [0.5, 0.6) is 0 Å². The predicted octanol–water partition coefficient (Wildman–Crippen LogP) is 4.61. The summed E-state index contributed by atoms with van der Waals surface area (Å²) in [5.41, 5.74) is 5.69. The normalized spacial score (nSPS) is 31.8. The largest absolute Gasteiger partial charge is 0.393 e. The molecule has 3 saturated carbocycles. The Kier molecular flexibility index (Phi) is 7.90. The second-order valence-electron chi connectivity index (χ2n) is 13.4. The standard InChI is InChI=1S/C34H47N3O3/c1-20-28-16-27(34(28,4)5)17-29(20)35-33(40)32-31(22(3)38)30(39)19-37(32)18-23-9-8-10-26(15-23)25-13-11-24(12-14-25)21(2)36(6)7/h8-15,20,22,27-32,38-39H,2,16-19H2,1,3-7H3,(H,35,40)/t20-,22-,27+,28-,29?,30-,31+,32-/m0/s1. The molecule has 4 aliphatic rings. The molecule has 1 amide bonds. The van der Waals surface area contributed by atoms with Gasteiger partial charge in [0, 0.05) is 44.8 Å². The molecule has 8 atom stereocenters. The van der Waals surface area contributed by atoms with Gasteiger partial charge in [0.2, 0.25) is 5.91 Å². The molecule has 1 unspecified atom stereocenters. The van der Waals surface area contributed by atoms with Crippen LogP contribution in [0.4, 0.5) is 0 Å². The highest BCUT2D eigenvalue weighted by Gasteiger charge is 2.57. The van der Waals surface area contributed by atoms with Gasteiger partial charge in [-0.15, -0.1) is 0 Å². The third-order valence-electron chi connectivity index (χ3n) is 10.5. The quantitative estimate of drug-likeness (QED) is 0.452. The van der Waals surface area contributed by atoms with Gasteiger partial charge in [-0.05, 0) is 71.3 Å². The van der Waals surface area contributed by atoms with Gasteiger partial charge in [-0.2, -0.15) is 0 Å². The Morgan fingerprint density at radius 2 is 1.85 bits per heavy atom. The molecule has 2 bridgehead atoms. The highest BCUT2D eigenvalue weighted by atomic mass is 16.3. The molecule has 0 aromatic heterocycles. The van der Waals surface area contributed by atoms with E-state index in [0.29, 0.717) is 36.3 Å². The van der Waals surface area contributed by atoms with E-state index in [0.717, 1.165) is 34.4 Å². The van der Waals surface area contributed by atoms with Crippen molar-refractivity contribution in [2.24, 2.45) is 29.1 Å². The molecule has 1 saturated heterocycles. The third-order valence-corrected chi connectivity index (χ3v) is 10.5. The number of aliphatic hydroxyl groups is 2. The molecule has 0 radical (unpaired) electrons. The van der Waals surface area contributed by atoms with Gasteiger partial charge in [0.1, 0.15) is 0 Å². The summed E-state index contributed by atoms with van der Waals surface area (Å²) in [6.07, 6.45) is 0.725. The van der Waals surface area contributed by atoms with E-state index >= 15 is 0 Å². The lowest BCUT2D eigenvalue weighted by atomic mass is 9.45. The highest BCUT2D eigenvalue weighted by Crippen LogP contribution is 2.61. The van der Waals surface area contributed by atoms with Crippen LogP contribution in [0, 0.1) is 29.1 Å². The first kappa shape index (κ1) is 28.8. The van der Waals surface area contributed by atoms with Crippen molar-refractivity contribution in [3.63, 3.8) is 0 Å². The number of carbonyl (C=O) groups is 1. The smallest absolute Gasteiger partial charge is 0.238 e. The van der Waals surface area contributed by atoms with Crippen molar-refractivity contribution in [3.8, 4) is 11.1 Å². The number of β-amino-alcohol motifs (C(OH)–C–C–N with tert-alkyl or cyclic N) is 1. The van der Waals surface area contributed by atoms with Crippen LogP contribution >= 0.6 is 0 Å². The van der Waals surface area contributed by atoms with Crippen molar-refractivity contribution in [1.29, 1.82) is 0 Å². The SMILES string of the molecule is C=C(c1ccc(-c2cccc(CN3C[C@H](O)[C@@H]([C@H](C)O)[C@H]3C(=O)NC3C[C@H]4C[C@@H]([C@@H]3C)C4(C)C)c2)cc1)N(C)C. The van der Waals surface area contributed by atoms with Crippen LogP contribution in [0.15, 0.2) is 55.1 Å². The van der Waals surface area contributed by atoms with Gasteiger partial charge < -0.3 is 20.4 Å². The Bertz CT molecular complexity index is 1240. The fraction of sp³-hybridized carbons (Fsp3) is 0.559. The molecule has 2 aromatic carbocycles. The topological polar surface area (TPSA) is 76.0 Å². The minimum absolute atomic E-state index is 0.0636. The van der Waals surface area contributed by atoms with E-state index in [4.69, 9.17) is 0 Å². The molecule has 0 spiro atoms. The Morgan fingerprint density at radius 1 is 1.15 bits per heavy atom. The fourth-order valence-electron chi connectivity index (χ4n) is 7.82. The number of nitrogens with one attached hydrogen (secondary N) is 1. The van der Waals surface area contributed by atoms with Crippen LogP contribution in [0.1, 0.15) is 51.7 Å². The first-order valence-electron chi connectivity index (χ1n) is 14.8. The maximum atomic E-state index is 13.8. The summed E-state index contributed by atoms with van der Waals surface area (Å²) in [4.78, 5) is 17.9. The summed E-state index contributed by atoms with van der Waals surface area (Å²) in [6, 6.07) is 16.3. The van der Waals surface area contributed by atoms with Crippen molar-refractivity contribution in [2.45, 2.75) is 71.4 Å². The van der Waals surface area contributed by atoms with Gasteiger partial charge in [0.05, 0.1) is 18.2 Å². The number of fused-ring (bicyclic) bond motifs is 2. The van der Waals surface area contributed by atoms with E-state index in [1.807, 2.05) is 25.1 Å². The molecule has 216 valence electrons. The number of benzene rings is 2. The van der Waals surface area contributed by atoms with Crippen LogP contribution in [-0.4, -0.2) is 70.9 Å². The molecule has 6 rings (SSSR count). The lowest BCUT2D eigenvalue weighted by molar-refractivity contribution is -0.139. The average molecular weight is 546 g/mol. The number of nitrogens with zero attached hydrogens (tertiary/aromatic N) is 2. The van der Waals surface area contributed by atoms with E-state index < -0.39 is 24.2 Å². The zero-order valence-corrected chi connectivity index (χ0v) is 25.0. The fourth-order valence-corrected chi connectivity index (χ4v) is 7.82. The lowest BCUT2D eigenvalue weighted by Crippen LogP contribution is -2.62. The van der Waals surface area contributed by atoms with Gasteiger partial charge >= 0.3 is 0 Å². The number of amides is 1. The predicted molar refractivity (Wildman–Crippen MR) is 161 cm³/mol. The second kappa shape index (κ2) is 11.0. The van der Waals surface area contributed by atoms with Gasteiger partial charge in [0.25, 0.3) is 0 Å². The molecule has 40 heavy (non-hydrogen) atoms. The first-order valence-corrected chi connectivity index (χ1v) is 14.8. The van der Waals surface area contributed by atoms with Gasteiger partial charge in [0.15, 0.2) is 0 Å². The Labute approximate surface area is 240 Å². The number of likely N-dealkylation sites (tertiary alicyclic amines) is 1. The minimum Gasteiger partial charge on any atom is -0.393 e. The molecule has 2 aromatic rings. The molecule has 3 aliphatic carbocycles. The molecular formula is C34H47N3O3. The third kappa shape index (κ3) is 5.22.